The van der Waals surface area contributed by atoms with Crippen LogP contribution < -0.4 is 5.32 Å². The van der Waals surface area contributed by atoms with E-state index in [-0.39, 0.29) is 5.91 Å². The second-order valence-electron chi connectivity index (χ2n) is 5.90. The minimum atomic E-state index is 0.0469. The second kappa shape index (κ2) is 4.82. The van der Waals surface area contributed by atoms with E-state index in [1.807, 2.05) is 24.4 Å². The lowest BCUT2D eigenvalue weighted by atomic mass is 9.96. The van der Waals surface area contributed by atoms with Gasteiger partial charge in [0.15, 0.2) is 0 Å². The van der Waals surface area contributed by atoms with Gasteiger partial charge in [-0.25, -0.2) is 0 Å². The molecule has 1 aromatic heterocycles. The van der Waals surface area contributed by atoms with E-state index < -0.39 is 0 Å². The number of benzene rings is 1. The topological polar surface area (TPSA) is 45.2 Å². The number of carbonyl (C=O) groups is 1. The van der Waals surface area contributed by atoms with Gasteiger partial charge in [0.05, 0.1) is 4.70 Å². The summed E-state index contributed by atoms with van der Waals surface area (Å²) in [6, 6.07) is 6.12. The quantitative estimate of drug-likeness (QED) is 0.920. The molecule has 4 rings (SSSR count). The van der Waals surface area contributed by atoms with Gasteiger partial charge in [0, 0.05) is 36.3 Å². The summed E-state index contributed by atoms with van der Waals surface area (Å²) in [6.07, 6.45) is 4.24. The van der Waals surface area contributed by atoms with Crippen molar-refractivity contribution in [3.63, 3.8) is 0 Å². The molecule has 2 fully saturated rings. The lowest BCUT2D eigenvalue weighted by Gasteiger charge is -2.30. The molecule has 2 aliphatic heterocycles. The minimum Gasteiger partial charge on any atom is -0.348 e. The van der Waals surface area contributed by atoms with E-state index >= 15 is 0 Å². The van der Waals surface area contributed by atoms with Crippen LogP contribution in [-0.2, 0) is 0 Å². The maximum Gasteiger partial charge on any atom is 0.251 e. The van der Waals surface area contributed by atoms with E-state index in [2.05, 4.69) is 14.6 Å². The third-order valence-corrected chi connectivity index (χ3v) is 5.20. The summed E-state index contributed by atoms with van der Waals surface area (Å²) >= 11 is 1.46. The number of amides is 1. The van der Waals surface area contributed by atoms with Gasteiger partial charge < -0.3 is 10.2 Å². The van der Waals surface area contributed by atoms with Gasteiger partial charge in [0.1, 0.15) is 0 Å². The molecule has 0 spiro atoms. The number of nitrogens with zero attached hydrogens (tertiary/aromatic N) is 2. The molecule has 2 aliphatic rings. The molecule has 1 amide bonds. The summed E-state index contributed by atoms with van der Waals surface area (Å²) in [6.45, 7) is 3.42. The van der Waals surface area contributed by atoms with Crippen LogP contribution in [0.4, 0.5) is 0 Å². The molecule has 20 heavy (non-hydrogen) atoms. The van der Waals surface area contributed by atoms with Crippen molar-refractivity contribution in [3.8, 4) is 0 Å². The molecule has 5 heteroatoms. The zero-order valence-electron chi connectivity index (χ0n) is 11.2. The number of rotatable bonds is 2. The summed E-state index contributed by atoms with van der Waals surface area (Å²) in [4.78, 5) is 14.8. The molecule has 2 aromatic rings. The molecular weight excluding hydrogens is 270 g/mol. The van der Waals surface area contributed by atoms with Crippen molar-refractivity contribution in [2.24, 2.45) is 5.92 Å². The van der Waals surface area contributed by atoms with Crippen LogP contribution >= 0.6 is 11.5 Å². The smallest absolute Gasteiger partial charge is 0.251 e. The molecule has 2 saturated heterocycles. The number of aromatic nitrogens is 1. The maximum atomic E-state index is 12.4. The lowest BCUT2D eigenvalue weighted by molar-refractivity contribution is 0.0909. The zero-order chi connectivity index (χ0) is 13.5. The van der Waals surface area contributed by atoms with Gasteiger partial charge in [-0.15, -0.1) is 0 Å². The molecule has 1 unspecified atom stereocenters. The van der Waals surface area contributed by atoms with Crippen LogP contribution in [0.2, 0.25) is 0 Å². The summed E-state index contributed by atoms with van der Waals surface area (Å²) in [5, 5.41) is 4.25. The standard InChI is InChI=1S/C15H17N3OS/c19-15(11-1-2-14-12(6-11)7-16-20-14)17-13-5-10-3-4-18(8-10)9-13/h1-2,6-7,10,13H,3-5,8-9H2,(H,17,19)/t10-,13-/m1/s1. The fourth-order valence-corrected chi connectivity index (χ4v) is 4.07. The zero-order valence-corrected chi connectivity index (χ0v) is 12.0. The Morgan fingerprint density at radius 2 is 2.35 bits per heavy atom. The van der Waals surface area contributed by atoms with Gasteiger partial charge in [-0.1, -0.05) is 0 Å². The SMILES string of the molecule is O=C(N[C@@H]1C[C@H]2CCN(C2)C1)c1ccc2sncc2c1. The number of piperidine rings is 1. The molecule has 4 nitrogen and oxygen atoms in total. The third kappa shape index (κ3) is 2.21. The molecule has 1 N–H and O–H groups in total. The number of hydrogen-bond acceptors (Lipinski definition) is 4. The summed E-state index contributed by atoms with van der Waals surface area (Å²) in [7, 11) is 0. The molecule has 3 atom stereocenters. The number of hydrogen-bond donors (Lipinski definition) is 1. The number of carbonyl (C=O) groups excluding carboxylic acids is 1. The largest absolute Gasteiger partial charge is 0.348 e. The number of fused-ring (bicyclic) bond motifs is 3. The van der Waals surface area contributed by atoms with Gasteiger partial charge in [0.25, 0.3) is 5.91 Å². The predicted molar refractivity (Wildman–Crippen MR) is 80.0 cm³/mol. The first-order chi connectivity index (χ1) is 9.78. The van der Waals surface area contributed by atoms with Crippen molar-refractivity contribution >= 4 is 27.5 Å². The first kappa shape index (κ1) is 12.3. The van der Waals surface area contributed by atoms with Crippen molar-refractivity contribution in [2.75, 3.05) is 19.6 Å². The summed E-state index contributed by atoms with van der Waals surface area (Å²) < 4.78 is 5.28. The molecular formula is C15H17N3OS. The molecule has 104 valence electrons. The van der Waals surface area contributed by atoms with E-state index in [0.29, 0.717) is 6.04 Å². The Bertz CT molecular complexity index is 641. The van der Waals surface area contributed by atoms with E-state index in [9.17, 15) is 4.79 Å². The first-order valence-corrected chi connectivity index (χ1v) is 7.93. The van der Waals surface area contributed by atoms with E-state index in [0.717, 1.165) is 34.5 Å². The van der Waals surface area contributed by atoms with Crippen LogP contribution in [0.3, 0.4) is 0 Å². The van der Waals surface area contributed by atoms with Crippen molar-refractivity contribution < 1.29 is 4.79 Å². The molecule has 1 aromatic carbocycles. The highest BCUT2D eigenvalue weighted by molar-refractivity contribution is 7.13. The van der Waals surface area contributed by atoms with Gasteiger partial charge >= 0.3 is 0 Å². The predicted octanol–water partition coefficient (Wildman–Crippen LogP) is 2.12. The Labute approximate surface area is 121 Å². The van der Waals surface area contributed by atoms with Crippen LogP contribution in [0.15, 0.2) is 24.4 Å². The Kier molecular flexibility index (Phi) is 2.97. The summed E-state index contributed by atoms with van der Waals surface area (Å²) in [5.74, 6) is 0.822. The minimum absolute atomic E-state index is 0.0469. The van der Waals surface area contributed by atoms with E-state index in [1.54, 1.807) is 0 Å². The Morgan fingerprint density at radius 1 is 1.40 bits per heavy atom. The second-order valence-corrected chi connectivity index (χ2v) is 6.73. The maximum absolute atomic E-state index is 12.4. The van der Waals surface area contributed by atoms with Crippen LogP contribution in [-0.4, -0.2) is 40.9 Å². The van der Waals surface area contributed by atoms with Crippen LogP contribution in [0.1, 0.15) is 23.2 Å². The monoisotopic (exact) mass is 287 g/mol. The highest BCUT2D eigenvalue weighted by Crippen LogP contribution is 2.27. The molecule has 0 radical (unpaired) electrons. The van der Waals surface area contributed by atoms with Crippen LogP contribution in [0.5, 0.6) is 0 Å². The summed E-state index contributed by atoms with van der Waals surface area (Å²) in [5.41, 5.74) is 0.741. The fourth-order valence-electron chi connectivity index (χ4n) is 3.45. The van der Waals surface area contributed by atoms with Gasteiger partial charge in [0.2, 0.25) is 0 Å². The average Bonchev–Trinajstić information content (AvgIpc) is 3.04. The highest BCUT2D eigenvalue weighted by atomic mass is 32.1. The van der Waals surface area contributed by atoms with Crippen molar-refractivity contribution in [2.45, 2.75) is 18.9 Å². The molecule has 3 heterocycles. The van der Waals surface area contributed by atoms with Crippen molar-refractivity contribution in [1.82, 2.24) is 14.6 Å². The third-order valence-electron chi connectivity index (χ3n) is 4.42. The average molecular weight is 287 g/mol. The van der Waals surface area contributed by atoms with Crippen molar-refractivity contribution in [3.05, 3.63) is 30.0 Å². The van der Waals surface area contributed by atoms with Gasteiger partial charge in [-0.2, -0.15) is 4.37 Å². The van der Waals surface area contributed by atoms with Gasteiger partial charge in [-0.3, -0.25) is 4.79 Å². The number of nitrogens with one attached hydrogen (secondary N) is 1. The van der Waals surface area contributed by atoms with E-state index in [4.69, 9.17) is 0 Å². The normalized spacial score (nSPS) is 28.7. The Hall–Kier alpha value is -1.46. The molecule has 0 saturated carbocycles. The Balaban J connectivity index is 1.49. The first-order valence-electron chi connectivity index (χ1n) is 7.15. The lowest BCUT2D eigenvalue weighted by Crippen LogP contribution is -2.47. The highest BCUT2D eigenvalue weighted by Gasteiger charge is 2.32. The van der Waals surface area contributed by atoms with Crippen LogP contribution in [0, 0.1) is 5.92 Å². The van der Waals surface area contributed by atoms with Crippen molar-refractivity contribution in [1.29, 1.82) is 0 Å². The van der Waals surface area contributed by atoms with Crippen LogP contribution in [0.25, 0.3) is 10.1 Å². The Morgan fingerprint density at radius 3 is 3.25 bits per heavy atom. The molecule has 2 bridgehead atoms. The van der Waals surface area contributed by atoms with Gasteiger partial charge in [-0.05, 0) is 55.0 Å². The van der Waals surface area contributed by atoms with E-state index in [1.165, 1.54) is 31.0 Å². The fraction of sp³-hybridized carbons (Fsp3) is 0.467. The molecule has 0 aliphatic carbocycles.